The van der Waals surface area contributed by atoms with Crippen molar-refractivity contribution >= 4 is 17.2 Å². The molecule has 0 spiro atoms. The van der Waals surface area contributed by atoms with Gasteiger partial charge < -0.3 is 15.8 Å². The van der Waals surface area contributed by atoms with Crippen molar-refractivity contribution in [3.63, 3.8) is 0 Å². The molecule has 130 valence electrons. The highest BCUT2D eigenvalue weighted by Crippen LogP contribution is 2.22. The molecule has 0 saturated carbocycles. The molecule has 0 aliphatic carbocycles. The number of nitrogen functional groups attached to an aromatic ring is 1. The van der Waals surface area contributed by atoms with Crippen molar-refractivity contribution in [2.45, 2.75) is 6.54 Å². The standard InChI is InChI=1S/C19H18N6O/c1-26-16-8-3-2-6-13(16)12-22-14-10-17(20)25-18(11-14)23-19(24-25)15-7-4-5-9-21-15/h2-11,22H,12,20H2,1H3. The third-order valence-corrected chi connectivity index (χ3v) is 4.03. The minimum Gasteiger partial charge on any atom is -0.496 e. The topological polar surface area (TPSA) is 90.4 Å². The average molecular weight is 346 g/mol. The van der Waals surface area contributed by atoms with Gasteiger partial charge in [-0.2, -0.15) is 4.52 Å². The number of hydrogen-bond donors (Lipinski definition) is 2. The first-order valence-corrected chi connectivity index (χ1v) is 8.18. The summed E-state index contributed by atoms with van der Waals surface area (Å²) in [6.07, 6.45) is 1.71. The number of hydrogen-bond acceptors (Lipinski definition) is 6. The zero-order valence-corrected chi connectivity index (χ0v) is 14.3. The van der Waals surface area contributed by atoms with Crippen molar-refractivity contribution in [3.8, 4) is 17.3 Å². The SMILES string of the molecule is COc1ccccc1CNc1cc(N)n2nc(-c3ccccn3)nc2c1. The van der Waals surface area contributed by atoms with E-state index in [-0.39, 0.29) is 0 Å². The molecule has 7 heteroatoms. The van der Waals surface area contributed by atoms with Crippen LogP contribution in [0.15, 0.2) is 60.8 Å². The number of nitrogens with two attached hydrogens (primary N) is 1. The lowest BCUT2D eigenvalue weighted by atomic mass is 10.2. The minimum atomic E-state index is 0.500. The summed E-state index contributed by atoms with van der Waals surface area (Å²) in [4.78, 5) is 8.82. The molecule has 7 nitrogen and oxygen atoms in total. The van der Waals surface area contributed by atoms with Crippen molar-refractivity contribution in [3.05, 3.63) is 66.4 Å². The number of benzene rings is 1. The van der Waals surface area contributed by atoms with Crippen LogP contribution in [-0.4, -0.2) is 26.7 Å². The highest BCUT2D eigenvalue weighted by molar-refractivity contribution is 5.64. The van der Waals surface area contributed by atoms with E-state index in [0.29, 0.717) is 29.5 Å². The van der Waals surface area contributed by atoms with Gasteiger partial charge in [-0.05, 0) is 18.2 Å². The van der Waals surface area contributed by atoms with Crippen LogP contribution in [0.3, 0.4) is 0 Å². The monoisotopic (exact) mass is 346 g/mol. The van der Waals surface area contributed by atoms with Crippen LogP contribution in [0, 0.1) is 0 Å². The Labute approximate surface area is 150 Å². The molecule has 0 aliphatic rings. The van der Waals surface area contributed by atoms with Crippen molar-refractivity contribution in [1.29, 1.82) is 0 Å². The van der Waals surface area contributed by atoms with E-state index in [1.54, 1.807) is 17.8 Å². The molecular formula is C19H18N6O. The second kappa shape index (κ2) is 6.72. The first-order chi connectivity index (χ1) is 12.7. The molecule has 1 aromatic carbocycles. The lowest BCUT2D eigenvalue weighted by molar-refractivity contribution is 0.410. The molecule has 3 aromatic heterocycles. The maximum atomic E-state index is 6.15. The zero-order valence-electron chi connectivity index (χ0n) is 14.3. The predicted octanol–water partition coefficient (Wildman–Crippen LogP) is 2.99. The quantitative estimate of drug-likeness (QED) is 0.577. The molecule has 0 saturated heterocycles. The van der Waals surface area contributed by atoms with Crippen LogP contribution in [-0.2, 0) is 6.54 Å². The van der Waals surface area contributed by atoms with Gasteiger partial charge in [0.05, 0.1) is 7.11 Å². The Bertz CT molecular complexity index is 1040. The van der Waals surface area contributed by atoms with Crippen LogP contribution in [0.1, 0.15) is 5.56 Å². The molecule has 26 heavy (non-hydrogen) atoms. The van der Waals surface area contributed by atoms with Crippen molar-refractivity contribution in [2.24, 2.45) is 0 Å². The highest BCUT2D eigenvalue weighted by atomic mass is 16.5. The molecule has 3 heterocycles. The lowest BCUT2D eigenvalue weighted by Crippen LogP contribution is -2.04. The van der Waals surface area contributed by atoms with Gasteiger partial charge in [0.25, 0.3) is 0 Å². The van der Waals surface area contributed by atoms with Gasteiger partial charge in [-0.3, -0.25) is 4.98 Å². The number of nitrogens with one attached hydrogen (secondary N) is 1. The molecule has 0 unspecified atom stereocenters. The maximum absolute atomic E-state index is 6.15. The highest BCUT2D eigenvalue weighted by Gasteiger charge is 2.11. The zero-order chi connectivity index (χ0) is 17.9. The van der Waals surface area contributed by atoms with E-state index >= 15 is 0 Å². The number of nitrogens with zero attached hydrogens (tertiary/aromatic N) is 4. The molecular weight excluding hydrogens is 328 g/mol. The van der Waals surface area contributed by atoms with Gasteiger partial charge in [0.1, 0.15) is 17.3 Å². The lowest BCUT2D eigenvalue weighted by Gasteiger charge is -2.11. The van der Waals surface area contributed by atoms with Gasteiger partial charge in [0, 0.05) is 36.1 Å². The van der Waals surface area contributed by atoms with Crippen molar-refractivity contribution in [1.82, 2.24) is 19.6 Å². The van der Waals surface area contributed by atoms with Crippen LogP contribution in [0.4, 0.5) is 11.5 Å². The Morgan fingerprint density at radius 2 is 1.96 bits per heavy atom. The van der Waals surface area contributed by atoms with E-state index in [2.05, 4.69) is 20.4 Å². The number of ether oxygens (including phenoxy) is 1. The molecule has 0 fully saturated rings. The largest absolute Gasteiger partial charge is 0.496 e. The van der Waals surface area contributed by atoms with E-state index in [4.69, 9.17) is 10.5 Å². The van der Waals surface area contributed by atoms with Gasteiger partial charge in [-0.15, -0.1) is 5.10 Å². The van der Waals surface area contributed by atoms with E-state index in [1.165, 1.54) is 0 Å². The molecule has 0 bridgehead atoms. The molecule has 4 aromatic rings. The number of methoxy groups -OCH3 is 1. The van der Waals surface area contributed by atoms with Gasteiger partial charge >= 0.3 is 0 Å². The van der Waals surface area contributed by atoms with E-state index in [0.717, 1.165) is 17.0 Å². The number of anilines is 2. The molecule has 0 atom stereocenters. The molecule has 3 N–H and O–H groups in total. The third-order valence-electron chi connectivity index (χ3n) is 4.03. The summed E-state index contributed by atoms with van der Waals surface area (Å²) in [5, 5.41) is 7.80. The fourth-order valence-electron chi connectivity index (χ4n) is 2.76. The van der Waals surface area contributed by atoms with Crippen LogP contribution in [0.25, 0.3) is 17.2 Å². The van der Waals surface area contributed by atoms with Crippen LogP contribution < -0.4 is 15.8 Å². The van der Waals surface area contributed by atoms with Gasteiger partial charge in [0.15, 0.2) is 5.65 Å². The number of fused-ring (bicyclic) bond motifs is 1. The maximum Gasteiger partial charge on any atom is 0.200 e. The molecule has 0 aliphatic heterocycles. The van der Waals surface area contributed by atoms with Crippen LogP contribution in [0.5, 0.6) is 5.75 Å². The fraction of sp³-hybridized carbons (Fsp3) is 0.105. The summed E-state index contributed by atoms with van der Waals surface area (Å²) in [5.41, 5.74) is 9.44. The second-order valence-corrected chi connectivity index (χ2v) is 5.75. The van der Waals surface area contributed by atoms with Gasteiger partial charge in [0.2, 0.25) is 5.82 Å². The second-order valence-electron chi connectivity index (χ2n) is 5.75. The van der Waals surface area contributed by atoms with Crippen molar-refractivity contribution < 1.29 is 4.74 Å². The predicted molar refractivity (Wildman–Crippen MR) is 101 cm³/mol. The summed E-state index contributed by atoms with van der Waals surface area (Å²) in [5.74, 6) is 1.88. The van der Waals surface area contributed by atoms with Crippen LogP contribution >= 0.6 is 0 Å². The Hall–Kier alpha value is -3.61. The Morgan fingerprint density at radius 1 is 1.12 bits per heavy atom. The average Bonchev–Trinajstić information content (AvgIpc) is 3.12. The van der Waals surface area contributed by atoms with E-state index < -0.39 is 0 Å². The molecule has 4 rings (SSSR count). The summed E-state index contributed by atoms with van der Waals surface area (Å²) >= 11 is 0. The summed E-state index contributed by atoms with van der Waals surface area (Å²) < 4.78 is 6.99. The summed E-state index contributed by atoms with van der Waals surface area (Å²) in [7, 11) is 1.66. The van der Waals surface area contributed by atoms with Crippen molar-refractivity contribution in [2.75, 3.05) is 18.2 Å². The molecule has 0 amide bonds. The summed E-state index contributed by atoms with van der Waals surface area (Å²) in [6, 6.07) is 17.2. The number of rotatable bonds is 5. The fourth-order valence-corrected chi connectivity index (χ4v) is 2.76. The normalized spacial score (nSPS) is 10.8. The van der Waals surface area contributed by atoms with Gasteiger partial charge in [-0.1, -0.05) is 24.3 Å². The Kier molecular flexibility index (Phi) is 4.10. The third kappa shape index (κ3) is 3.02. The van der Waals surface area contributed by atoms with E-state index in [1.807, 2.05) is 54.6 Å². The Morgan fingerprint density at radius 3 is 2.77 bits per heavy atom. The van der Waals surface area contributed by atoms with Crippen LogP contribution in [0.2, 0.25) is 0 Å². The summed E-state index contributed by atoms with van der Waals surface area (Å²) in [6.45, 7) is 0.612. The number of pyridine rings is 2. The molecule has 0 radical (unpaired) electrons. The Balaban J connectivity index is 1.62. The van der Waals surface area contributed by atoms with Gasteiger partial charge in [-0.25, -0.2) is 4.98 Å². The number of aromatic nitrogens is 4. The first-order valence-electron chi connectivity index (χ1n) is 8.18. The van der Waals surface area contributed by atoms with E-state index in [9.17, 15) is 0 Å². The first kappa shape index (κ1) is 15.9. The number of para-hydroxylation sites is 1. The smallest absolute Gasteiger partial charge is 0.200 e. The minimum absolute atomic E-state index is 0.500.